The van der Waals surface area contributed by atoms with Gasteiger partial charge in [-0.2, -0.15) is 0 Å². The lowest BCUT2D eigenvalue weighted by atomic mass is 9.76. The molecule has 1 aliphatic heterocycles. The van der Waals surface area contributed by atoms with Gasteiger partial charge in [-0.1, -0.05) is 44.2 Å². The van der Waals surface area contributed by atoms with E-state index in [0.29, 0.717) is 12.3 Å². The highest BCUT2D eigenvalue weighted by molar-refractivity contribution is 5.80. The number of hydrogen-bond donors (Lipinski definition) is 2. The van der Waals surface area contributed by atoms with Crippen molar-refractivity contribution in [2.75, 3.05) is 33.7 Å². The summed E-state index contributed by atoms with van der Waals surface area (Å²) in [5, 5.41) is 6.38. The van der Waals surface area contributed by atoms with Crippen LogP contribution in [0.4, 0.5) is 0 Å². The number of nitrogens with zero attached hydrogens (tertiary/aromatic N) is 2. The number of amides is 1. The van der Waals surface area contributed by atoms with E-state index in [1.54, 1.807) is 7.05 Å². The molecule has 5 nitrogen and oxygen atoms in total. The Balaban J connectivity index is 1.96. The Kier molecular flexibility index (Phi) is 8.14. The lowest BCUT2D eigenvalue weighted by Crippen LogP contribution is -2.49. The summed E-state index contributed by atoms with van der Waals surface area (Å²) in [6.45, 7) is 7.33. The van der Waals surface area contributed by atoms with E-state index in [9.17, 15) is 4.79 Å². The highest BCUT2D eigenvalue weighted by Crippen LogP contribution is 2.31. The molecule has 2 rings (SSSR count). The van der Waals surface area contributed by atoms with Crippen LogP contribution in [0.25, 0.3) is 0 Å². The van der Waals surface area contributed by atoms with Gasteiger partial charge in [0, 0.05) is 45.6 Å². The van der Waals surface area contributed by atoms with Crippen LogP contribution in [0.1, 0.15) is 51.5 Å². The Morgan fingerprint density at radius 1 is 1.19 bits per heavy atom. The Hall–Kier alpha value is -2.04. The second-order valence-electron chi connectivity index (χ2n) is 7.56. The number of guanidine groups is 1. The first kappa shape index (κ1) is 21.3. The first-order valence-electron chi connectivity index (χ1n) is 10.3. The van der Waals surface area contributed by atoms with Crippen molar-refractivity contribution < 1.29 is 4.79 Å². The zero-order valence-electron chi connectivity index (χ0n) is 17.4. The van der Waals surface area contributed by atoms with E-state index in [1.165, 1.54) is 5.56 Å². The van der Waals surface area contributed by atoms with Crippen LogP contribution in [-0.4, -0.2) is 50.5 Å². The molecule has 2 N–H and O–H groups in total. The predicted molar refractivity (Wildman–Crippen MR) is 113 cm³/mol. The average molecular weight is 373 g/mol. The molecule has 1 fully saturated rings. The number of rotatable bonds is 7. The van der Waals surface area contributed by atoms with Gasteiger partial charge in [0.25, 0.3) is 0 Å². The van der Waals surface area contributed by atoms with Gasteiger partial charge in [0.1, 0.15) is 0 Å². The Morgan fingerprint density at radius 3 is 2.33 bits per heavy atom. The molecule has 0 saturated carbocycles. The Morgan fingerprint density at radius 2 is 1.81 bits per heavy atom. The standard InChI is InChI=1S/C22H36N4O/c1-5-22(6-2,19-10-8-7-9-11-19)17-25-21(24-4)26-14-12-18(13-15-26)16-20(27)23-3/h7-11,18H,5-6,12-17H2,1-4H3,(H,23,27)(H,24,25). The summed E-state index contributed by atoms with van der Waals surface area (Å²) in [7, 11) is 3.57. The molecular weight excluding hydrogens is 336 g/mol. The van der Waals surface area contributed by atoms with Crippen LogP contribution in [0.2, 0.25) is 0 Å². The van der Waals surface area contributed by atoms with Gasteiger partial charge >= 0.3 is 0 Å². The van der Waals surface area contributed by atoms with E-state index < -0.39 is 0 Å². The Bertz CT molecular complexity index is 602. The molecule has 1 heterocycles. The highest BCUT2D eigenvalue weighted by atomic mass is 16.1. The second kappa shape index (κ2) is 10.3. The predicted octanol–water partition coefficient (Wildman–Crippen LogP) is 3.17. The lowest BCUT2D eigenvalue weighted by molar-refractivity contribution is -0.121. The Labute approximate surface area is 164 Å². The molecule has 27 heavy (non-hydrogen) atoms. The summed E-state index contributed by atoms with van der Waals surface area (Å²) in [6.07, 6.45) is 4.90. The van der Waals surface area contributed by atoms with Crippen LogP contribution >= 0.6 is 0 Å². The molecule has 0 atom stereocenters. The van der Waals surface area contributed by atoms with Gasteiger partial charge in [-0.3, -0.25) is 9.79 Å². The highest BCUT2D eigenvalue weighted by Gasteiger charge is 2.30. The van der Waals surface area contributed by atoms with Gasteiger partial charge in [0.05, 0.1) is 0 Å². The maximum atomic E-state index is 11.6. The van der Waals surface area contributed by atoms with Gasteiger partial charge in [-0.05, 0) is 37.2 Å². The maximum Gasteiger partial charge on any atom is 0.220 e. The van der Waals surface area contributed by atoms with E-state index in [2.05, 4.69) is 64.7 Å². The molecule has 0 aliphatic carbocycles. The van der Waals surface area contributed by atoms with Crippen molar-refractivity contribution in [2.24, 2.45) is 10.9 Å². The summed E-state index contributed by atoms with van der Waals surface area (Å²) in [5.74, 6) is 1.61. The van der Waals surface area contributed by atoms with E-state index in [0.717, 1.165) is 51.3 Å². The topological polar surface area (TPSA) is 56.7 Å². The summed E-state index contributed by atoms with van der Waals surface area (Å²) in [5.41, 5.74) is 1.51. The molecular formula is C22H36N4O. The summed E-state index contributed by atoms with van der Waals surface area (Å²) in [6, 6.07) is 10.8. The smallest absolute Gasteiger partial charge is 0.220 e. The molecule has 150 valence electrons. The van der Waals surface area contributed by atoms with Crippen molar-refractivity contribution in [3.8, 4) is 0 Å². The number of carbonyl (C=O) groups excluding carboxylic acids is 1. The zero-order chi connectivity index (χ0) is 19.7. The lowest BCUT2D eigenvalue weighted by Gasteiger charge is -2.37. The van der Waals surface area contributed by atoms with Crippen LogP contribution < -0.4 is 10.6 Å². The molecule has 0 bridgehead atoms. The molecule has 1 aliphatic rings. The molecule has 0 spiro atoms. The molecule has 1 amide bonds. The third-order valence-electron chi connectivity index (χ3n) is 6.20. The third-order valence-corrected chi connectivity index (χ3v) is 6.20. The van der Waals surface area contributed by atoms with Crippen LogP contribution in [0.3, 0.4) is 0 Å². The van der Waals surface area contributed by atoms with E-state index in [1.807, 2.05) is 7.05 Å². The first-order valence-corrected chi connectivity index (χ1v) is 10.3. The minimum atomic E-state index is 0.120. The fraction of sp³-hybridized carbons (Fsp3) is 0.636. The van der Waals surface area contributed by atoms with Crippen LogP contribution in [-0.2, 0) is 10.2 Å². The van der Waals surface area contributed by atoms with Gasteiger partial charge in [-0.25, -0.2) is 0 Å². The van der Waals surface area contributed by atoms with E-state index in [-0.39, 0.29) is 11.3 Å². The molecule has 5 heteroatoms. The number of carbonyl (C=O) groups is 1. The minimum Gasteiger partial charge on any atom is -0.359 e. The quantitative estimate of drug-likeness (QED) is 0.571. The fourth-order valence-corrected chi connectivity index (χ4v) is 4.10. The fourth-order valence-electron chi connectivity index (χ4n) is 4.10. The van der Waals surface area contributed by atoms with Gasteiger partial charge in [-0.15, -0.1) is 0 Å². The number of hydrogen-bond acceptors (Lipinski definition) is 2. The molecule has 0 radical (unpaired) electrons. The monoisotopic (exact) mass is 372 g/mol. The number of nitrogens with one attached hydrogen (secondary N) is 2. The van der Waals surface area contributed by atoms with Crippen molar-refractivity contribution in [3.63, 3.8) is 0 Å². The SMILES string of the molecule is CCC(CC)(CNC(=NC)N1CCC(CC(=O)NC)CC1)c1ccccc1. The van der Waals surface area contributed by atoms with Crippen molar-refractivity contribution in [1.82, 2.24) is 15.5 Å². The van der Waals surface area contributed by atoms with Gasteiger partial charge in [0.15, 0.2) is 5.96 Å². The van der Waals surface area contributed by atoms with Crippen molar-refractivity contribution in [2.45, 2.75) is 51.4 Å². The van der Waals surface area contributed by atoms with Crippen molar-refractivity contribution in [3.05, 3.63) is 35.9 Å². The number of likely N-dealkylation sites (tertiary alicyclic amines) is 1. The van der Waals surface area contributed by atoms with Gasteiger partial charge < -0.3 is 15.5 Å². The summed E-state index contributed by atoms with van der Waals surface area (Å²) >= 11 is 0. The minimum absolute atomic E-state index is 0.120. The van der Waals surface area contributed by atoms with Crippen LogP contribution in [0.5, 0.6) is 0 Å². The molecule has 1 saturated heterocycles. The van der Waals surface area contributed by atoms with Gasteiger partial charge in [0.2, 0.25) is 5.91 Å². The molecule has 1 aromatic carbocycles. The summed E-state index contributed by atoms with van der Waals surface area (Å²) < 4.78 is 0. The largest absolute Gasteiger partial charge is 0.359 e. The first-order chi connectivity index (χ1) is 13.1. The van der Waals surface area contributed by atoms with E-state index >= 15 is 0 Å². The maximum absolute atomic E-state index is 11.6. The van der Waals surface area contributed by atoms with E-state index in [4.69, 9.17) is 0 Å². The summed E-state index contributed by atoms with van der Waals surface area (Å²) in [4.78, 5) is 18.5. The molecule has 0 unspecified atom stereocenters. The second-order valence-corrected chi connectivity index (χ2v) is 7.56. The number of benzene rings is 1. The van der Waals surface area contributed by atoms with Crippen molar-refractivity contribution >= 4 is 11.9 Å². The van der Waals surface area contributed by atoms with Crippen LogP contribution in [0.15, 0.2) is 35.3 Å². The average Bonchev–Trinajstić information content (AvgIpc) is 2.73. The molecule has 0 aromatic heterocycles. The van der Waals surface area contributed by atoms with Crippen LogP contribution in [0, 0.1) is 5.92 Å². The molecule has 1 aromatic rings. The zero-order valence-corrected chi connectivity index (χ0v) is 17.4. The number of aliphatic imine (C=N–C) groups is 1. The normalized spacial score (nSPS) is 16.3. The van der Waals surface area contributed by atoms with Crippen molar-refractivity contribution in [1.29, 1.82) is 0 Å². The number of piperidine rings is 1. The third kappa shape index (κ3) is 5.47.